The predicted octanol–water partition coefficient (Wildman–Crippen LogP) is 2.97. The number of nitrogens with one attached hydrogen (secondary N) is 1. The standard InChI is InChI=1S/C16H11BrN2O6/c17-13-7-12(19(23)24)5-6-14(13)18-15(21)9-25-16(22)11-3-1-10(8-20)2-4-11/h1-8H,9H2,(H,18,21). The van der Waals surface area contributed by atoms with Crippen LogP contribution in [0.3, 0.4) is 0 Å². The second-order valence-electron chi connectivity index (χ2n) is 4.79. The number of aldehydes is 1. The Balaban J connectivity index is 1.92. The topological polar surface area (TPSA) is 116 Å². The van der Waals surface area contributed by atoms with Crippen molar-refractivity contribution in [3.05, 3.63) is 68.2 Å². The largest absolute Gasteiger partial charge is 0.452 e. The van der Waals surface area contributed by atoms with Crippen molar-refractivity contribution in [3.8, 4) is 0 Å². The van der Waals surface area contributed by atoms with Crippen LogP contribution in [0, 0.1) is 10.1 Å². The predicted molar refractivity (Wildman–Crippen MR) is 91.5 cm³/mol. The number of nitro benzene ring substituents is 1. The lowest BCUT2D eigenvalue weighted by Gasteiger charge is -2.08. The summed E-state index contributed by atoms with van der Waals surface area (Å²) in [6.45, 7) is -0.530. The molecule has 0 aliphatic carbocycles. The first-order chi connectivity index (χ1) is 11.9. The molecule has 0 aromatic heterocycles. The van der Waals surface area contributed by atoms with Gasteiger partial charge in [-0.05, 0) is 34.1 Å². The van der Waals surface area contributed by atoms with E-state index >= 15 is 0 Å². The number of carbonyl (C=O) groups is 3. The Labute approximate surface area is 150 Å². The van der Waals surface area contributed by atoms with E-state index in [0.717, 1.165) is 0 Å². The van der Waals surface area contributed by atoms with Crippen LogP contribution in [-0.4, -0.2) is 29.7 Å². The average Bonchev–Trinajstić information content (AvgIpc) is 2.61. The van der Waals surface area contributed by atoms with E-state index in [1.165, 1.54) is 42.5 Å². The molecule has 0 atom stereocenters. The summed E-state index contributed by atoms with van der Waals surface area (Å²) < 4.78 is 5.20. The van der Waals surface area contributed by atoms with Gasteiger partial charge >= 0.3 is 5.97 Å². The van der Waals surface area contributed by atoms with Gasteiger partial charge in [0.2, 0.25) is 0 Å². The van der Waals surface area contributed by atoms with Crippen molar-refractivity contribution in [2.45, 2.75) is 0 Å². The molecule has 1 N–H and O–H groups in total. The molecule has 0 saturated carbocycles. The van der Waals surface area contributed by atoms with E-state index in [9.17, 15) is 24.5 Å². The summed E-state index contributed by atoms with van der Waals surface area (Å²) >= 11 is 3.12. The van der Waals surface area contributed by atoms with Crippen LogP contribution in [0.4, 0.5) is 11.4 Å². The number of ether oxygens (including phenoxy) is 1. The number of benzene rings is 2. The van der Waals surface area contributed by atoms with Gasteiger partial charge in [-0.3, -0.25) is 19.7 Å². The molecule has 0 aliphatic rings. The van der Waals surface area contributed by atoms with E-state index in [1.54, 1.807) is 0 Å². The maximum atomic E-state index is 11.8. The van der Waals surface area contributed by atoms with Crippen LogP contribution in [0.15, 0.2) is 46.9 Å². The summed E-state index contributed by atoms with van der Waals surface area (Å²) in [5, 5.41) is 13.1. The van der Waals surface area contributed by atoms with E-state index in [4.69, 9.17) is 4.74 Å². The Bertz CT molecular complexity index is 835. The Kier molecular flexibility index (Phi) is 5.96. The maximum absolute atomic E-state index is 11.8. The van der Waals surface area contributed by atoms with Crippen molar-refractivity contribution in [1.29, 1.82) is 0 Å². The fourth-order valence-electron chi connectivity index (χ4n) is 1.82. The fourth-order valence-corrected chi connectivity index (χ4v) is 2.28. The SMILES string of the molecule is O=Cc1ccc(C(=O)OCC(=O)Nc2ccc([N+](=O)[O-])cc2Br)cc1. The van der Waals surface area contributed by atoms with Crippen LogP contribution in [0.5, 0.6) is 0 Å². The number of non-ortho nitro benzene ring substituents is 1. The van der Waals surface area contributed by atoms with Gasteiger partial charge in [0.15, 0.2) is 6.61 Å². The molecule has 2 rings (SSSR count). The highest BCUT2D eigenvalue weighted by atomic mass is 79.9. The Morgan fingerprint density at radius 3 is 2.44 bits per heavy atom. The quantitative estimate of drug-likeness (QED) is 0.341. The van der Waals surface area contributed by atoms with Gasteiger partial charge in [-0.15, -0.1) is 0 Å². The number of nitro groups is 1. The van der Waals surface area contributed by atoms with Crippen LogP contribution in [0.1, 0.15) is 20.7 Å². The molecule has 0 unspecified atom stereocenters. The minimum atomic E-state index is -0.713. The molecule has 1 amide bonds. The number of nitrogens with zero attached hydrogens (tertiary/aromatic N) is 1. The van der Waals surface area contributed by atoms with Crippen LogP contribution in [0.25, 0.3) is 0 Å². The van der Waals surface area contributed by atoms with Gasteiger partial charge in [0.1, 0.15) is 6.29 Å². The molecule has 25 heavy (non-hydrogen) atoms. The normalized spacial score (nSPS) is 9.96. The molecule has 128 valence electrons. The van der Waals surface area contributed by atoms with E-state index in [0.29, 0.717) is 22.0 Å². The highest BCUT2D eigenvalue weighted by Gasteiger charge is 2.13. The number of esters is 1. The van der Waals surface area contributed by atoms with Gasteiger partial charge in [-0.2, -0.15) is 0 Å². The van der Waals surface area contributed by atoms with Crippen molar-refractivity contribution in [1.82, 2.24) is 0 Å². The lowest BCUT2D eigenvalue weighted by Crippen LogP contribution is -2.21. The van der Waals surface area contributed by atoms with E-state index < -0.39 is 23.4 Å². The summed E-state index contributed by atoms with van der Waals surface area (Å²) in [5.74, 6) is -1.32. The first-order valence-corrected chi connectivity index (χ1v) is 7.66. The van der Waals surface area contributed by atoms with Crippen molar-refractivity contribution in [2.24, 2.45) is 0 Å². The molecule has 0 saturated heterocycles. The van der Waals surface area contributed by atoms with E-state index in [2.05, 4.69) is 21.2 Å². The molecule has 0 spiro atoms. The minimum absolute atomic E-state index is 0.130. The second kappa shape index (κ2) is 8.15. The van der Waals surface area contributed by atoms with Crippen LogP contribution < -0.4 is 5.32 Å². The highest BCUT2D eigenvalue weighted by molar-refractivity contribution is 9.10. The highest BCUT2D eigenvalue weighted by Crippen LogP contribution is 2.27. The smallest absolute Gasteiger partial charge is 0.338 e. The molecule has 0 bridgehead atoms. The van der Waals surface area contributed by atoms with Crippen LogP contribution in [-0.2, 0) is 9.53 Å². The summed E-state index contributed by atoms with van der Waals surface area (Å²) in [5.41, 5.74) is 0.796. The van der Waals surface area contributed by atoms with Crippen molar-refractivity contribution < 1.29 is 24.0 Å². The number of amides is 1. The molecule has 2 aromatic carbocycles. The zero-order valence-electron chi connectivity index (χ0n) is 12.6. The van der Waals surface area contributed by atoms with E-state index in [-0.39, 0.29) is 11.3 Å². The molecular formula is C16H11BrN2O6. The number of carbonyl (C=O) groups excluding carboxylic acids is 3. The molecule has 2 aromatic rings. The molecule has 0 heterocycles. The second-order valence-corrected chi connectivity index (χ2v) is 5.64. The first kappa shape index (κ1) is 18.3. The summed E-state index contributed by atoms with van der Waals surface area (Å²) in [4.78, 5) is 44.3. The number of hydrogen-bond acceptors (Lipinski definition) is 6. The van der Waals surface area contributed by atoms with Crippen LogP contribution >= 0.6 is 15.9 Å². The molecule has 8 nitrogen and oxygen atoms in total. The maximum Gasteiger partial charge on any atom is 0.338 e. The summed E-state index contributed by atoms with van der Waals surface area (Å²) in [6, 6.07) is 9.58. The van der Waals surface area contributed by atoms with E-state index in [1.807, 2.05) is 0 Å². The van der Waals surface area contributed by atoms with Gasteiger partial charge in [0, 0.05) is 22.2 Å². The Hall–Kier alpha value is -3.07. The van der Waals surface area contributed by atoms with Crippen molar-refractivity contribution in [2.75, 3.05) is 11.9 Å². The molecule has 0 fully saturated rings. The number of halogens is 1. The zero-order valence-corrected chi connectivity index (χ0v) is 14.2. The third-order valence-electron chi connectivity index (χ3n) is 3.05. The van der Waals surface area contributed by atoms with Crippen molar-refractivity contribution in [3.63, 3.8) is 0 Å². The zero-order chi connectivity index (χ0) is 18.4. The molecule has 9 heteroatoms. The third-order valence-corrected chi connectivity index (χ3v) is 3.71. The van der Waals surface area contributed by atoms with Crippen LogP contribution in [0.2, 0.25) is 0 Å². The monoisotopic (exact) mass is 406 g/mol. The van der Waals surface area contributed by atoms with Crippen molar-refractivity contribution >= 4 is 45.5 Å². The van der Waals surface area contributed by atoms with Gasteiger partial charge in [0.25, 0.3) is 11.6 Å². The van der Waals surface area contributed by atoms with Gasteiger partial charge in [-0.1, -0.05) is 12.1 Å². The fraction of sp³-hybridized carbons (Fsp3) is 0.0625. The average molecular weight is 407 g/mol. The first-order valence-electron chi connectivity index (χ1n) is 6.87. The van der Waals surface area contributed by atoms with Gasteiger partial charge in [0.05, 0.1) is 16.2 Å². The number of hydrogen-bond donors (Lipinski definition) is 1. The molecule has 0 radical (unpaired) electrons. The summed E-state index contributed by atoms with van der Waals surface area (Å²) in [7, 11) is 0. The number of rotatable bonds is 6. The summed E-state index contributed by atoms with van der Waals surface area (Å²) in [6.07, 6.45) is 0.643. The molecule has 0 aliphatic heterocycles. The minimum Gasteiger partial charge on any atom is -0.452 e. The Morgan fingerprint density at radius 2 is 1.88 bits per heavy atom. The number of anilines is 1. The molecular weight excluding hydrogens is 396 g/mol. The lowest BCUT2D eigenvalue weighted by molar-refractivity contribution is -0.384. The third kappa shape index (κ3) is 4.95. The van der Waals surface area contributed by atoms with Gasteiger partial charge in [-0.25, -0.2) is 4.79 Å². The Morgan fingerprint density at radius 1 is 1.20 bits per heavy atom. The lowest BCUT2D eigenvalue weighted by atomic mass is 10.1. The van der Waals surface area contributed by atoms with Gasteiger partial charge < -0.3 is 10.1 Å².